The highest BCUT2D eigenvalue weighted by atomic mass is 127. The Bertz CT molecular complexity index is 539. The van der Waals surface area contributed by atoms with Crippen LogP contribution in [-0.4, -0.2) is 68.9 Å². The summed E-state index contributed by atoms with van der Waals surface area (Å²) >= 11 is 0. The third-order valence-corrected chi connectivity index (χ3v) is 5.72. The molecule has 2 rings (SSSR count). The molecule has 2 aliphatic carbocycles. The molecule has 0 aromatic heterocycles. The van der Waals surface area contributed by atoms with Crippen LogP contribution in [-0.2, 0) is 9.53 Å². The number of carbonyl (C=O) groups is 1. The van der Waals surface area contributed by atoms with Gasteiger partial charge in [-0.3, -0.25) is 9.79 Å². The van der Waals surface area contributed by atoms with Gasteiger partial charge < -0.3 is 20.3 Å². The van der Waals surface area contributed by atoms with Crippen LogP contribution in [0.2, 0.25) is 0 Å². The zero-order valence-electron chi connectivity index (χ0n) is 16.8. The number of alkyl halides is 3. The maximum atomic E-state index is 12.4. The van der Waals surface area contributed by atoms with Gasteiger partial charge in [-0.1, -0.05) is 19.3 Å². The molecule has 2 fully saturated rings. The van der Waals surface area contributed by atoms with Crippen molar-refractivity contribution in [1.82, 2.24) is 15.5 Å². The number of aliphatic imine (C=N–C) groups is 1. The van der Waals surface area contributed by atoms with Crippen LogP contribution in [0.3, 0.4) is 0 Å². The van der Waals surface area contributed by atoms with E-state index in [1.165, 1.54) is 19.3 Å². The molecule has 0 saturated heterocycles. The summed E-state index contributed by atoms with van der Waals surface area (Å²) in [6.45, 7) is 1.19. The number of likely N-dealkylation sites (N-methyl/N-ethyl adjacent to an activating group) is 1. The minimum atomic E-state index is -4.40. The number of amides is 1. The van der Waals surface area contributed by atoms with Gasteiger partial charge in [-0.25, -0.2) is 0 Å². The maximum absolute atomic E-state index is 12.4. The van der Waals surface area contributed by atoms with Gasteiger partial charge in [-0.05, 0) is 26.2 Å². The van der Waals surface area contributed by atoms with Crippen molar-refractivity contribution in [1.29, 1.82) is 0 Å². The summed E-state index contributed by atoms with van der Waals surface area (Å²) in [7, 11) is 2.73. The standard InChI is InChI=1S/C18H31F3N4O2.HI/c1-4-27-14-10-13(17(14)8-6-5-7-9-17)24-16(22-2)23-11-15(26)25(3)12-18(19,20)21;/h13-14H,4-12H2,1-3H3,(H2,22,23,24);1H. The molecule has 28 heavy (non-hydrogen) atoms. The van der Waals surface area contributed by atoms with Gasteiger partial charge in [0, 0.05) is 32.2 Å². The second-order valence-corrected chi connectivity index (χ2v) is 7.46. The lowest BCUT2D eigenvalue weighted by molar-refractivity contribution is -0.157. The fourth-order valence-corrected chi connectivity index (χ4v) is 4.28. The Labute approximate surface area is 182 Å². The van der Waals surface area contributed by atoms with Gasteiger partial charge in [0.15, 0.2) is 5.96 Å². The van der Waals surface area contributed by atoms with Gasteiger partial charge in [-0.2, -0.15) is 13.2 Å². The third kappa shape index (κ3) is 6.36. The van der Waals surface area contributed by atoms with Crippen LogP contribution in [0.5, 0.6) is 0 Å². The Balaban J connectivity index is 0.00000392. The number of halogens is 4. The van der Waals surface area contributed by atoms with Gasteiger partial charge in [0.25, 0.3) is 0 Å². The molecule has 0 heterocycles. The molecular formula is C18H32F3IN4O2. The minimum absolute atomic E-state index is 0. The Morgan fingerprint density at radius 1 is 1.29 bits per heavy atom. The summed E-state index contributed by atoms with van der Waals surface area (Å²) in [5, 5.41) is 6.20. The zero-order chi connectivity index (χ0) is 20.1. The molecule has 2 unspecified atom stereocenters. The summed E-state index contributed by atoms with van der Waals surface area (Å²) in [6, 6.07) is 0.198. The van der Waals surface area contributed by atoms with Gasteiger partial charge in [0.05, 0.1) is 12.6 Å². The van der Waals surface area contributed by atoms with E-state index in [9.17, 15) is 18.0 Å². The molecule has 2 N–H and O–H groups in total. The number of carbonyl (C=O) groups excluding carboxylic acids is 1. The molecule has 0 bridgehead atoms. The molecule has 2 saturated carbocycles. The summed E-state index contributed by atoms with van der Waals surface area (Å²) in [5.74, 6) is -0.197. The summed E-state index contributed by atoms with van der Waals surface area (Å²) < 4.78 is 43.1. The van der Waals surface area contributed by atoms with Crippen molar-refractivity contribution in [2.45, 2.75) is 63.8 Å². The van der Waals surface area contributed by atoms with E-state index in [2.05, 4.69) is 15.6 Å². The second-order valence-electron chi connectivity index (χ2n) is 7.46. The highest BCUT2D eigenvalue weighted by Gasteiger charge is 2.55. The van der Waals surface area contributed by atoms with Gasteiger partial charge in [0.2, 0.25) is 5.91 Å². The molecule has 6 nitrogen and oxygen atoms in total. The minimum Gasteiger partial charge on any atom is -0.378 e. The van der Waals surface area contributed by atoms with E-state index < -0.39 is 18.6 Å². The normalized spacial score (nSPS) is 24.1. The monoisotopic (exact) mass is 520 g/mol. The van der Waals surface area contributed by atoms with Crippen molar-refractivity contribution in [3.8, 4) is 0 Å². The highest BCUT2D eigenvalue weighted by molar-refractivity contribution is 14.0. The summed E-state index contributed by atoms with van der Waals surface area (Å²) in [5.41, 5.74) is 0.0863. The molecule has 0 aromatic rings. The SMILES string of the molecule is CCOC1CC(NC(=NC)NCC(=O)N(C)CC(F)(F)F)C12CCCCC2.I. The van der Waals surface area contributed by atoms with E-state index >= 15 is 0 Å². The fraction of sp³-hybridized carbons (Fsp3) is 0.889. The second kappa shape index (κ2) is 10.8. The van der Waals surface area contributed by atoms with Crippen LogP contribution in [0.1, 0.15) is 45.4 Å². The van der Waals surface area contributed by atoms with E-state index in [4.69, 9.17) is 4.74 Å². The molecule has 0 radical (unpaired) electrons. The van der Waals surface area contributed by atoms with Crippen molar-refractivity contribution in [2.24, 2.45) is 10.4 Å². The lowest BCUT2D eigenvalue weighted by Crippen LogP contribution is -2.66. The predicted molar refractivity (Wildman–Crippen MR) is 113 cm³/mol. The van der Waals surface area contributed by atoms with Crippen molar-refractivity contribution < 1.29 is 22.7 Å². The number of nitrogens with zero attached hydrogens (tertiary/aromatic N) is 2. The van der Waals surface area contributed by atoms with Crippen LogP contribution in [0.15, 0.2) is 4.99 Å². The van der Waals surface area contributed by atoms with Crippen molar-refractivity contribution in [3.05, 3.63) is 0 Å². The number of nitrogens with one attached hydrogen (secondary N) is 2. The summed E-state index contributed by atoms with van der Waals surface area (Å²) in [4.78, 5) is 16.7. The smallest absolute Gasteiger partial charge is 0.378 e. The molecule has 1 spiro atoms. The topological polar surface area (TPSA) is 66.0 Å². The first-order valence-corrected chi connectivity index (χ1v) is 9.61. The number of rotatable bonds is 6. The van der Waals surface area contributed by atoms with E-state index in [1.807, 2.05) is 6.92 Å². The van der Waals surface area contributed by atoms with E-state index in [0.29, 0.717) is 17.5 Å². The summed E-state index contributed by atoms with van der Waals surface area (Å²) in [6.07, 6.45) is 2.48. The quantitative estimate of drug-likeness (QED) is 0.321. The molecule has 10 heteroatoms. The van der Waals surface area contributed by atoms with Crippen molar-refractivity contribution in [3.63, 3.8) is 0 Å². The fourth-order valence-electron chi connectivity index (χ4n) is 4.28. The molecule has 2 aliphatic rings. The average Bonchev–Trinajstić information content (AvgIpc) is 2.62. The Hall–Kier alpha value is -0.780. The van der Waals surface area contributed by atoms with Crippen molar-refractivity contribution >= 4 is 35.8 Å². The largest absolute Gasteiger partial charge is 0.406 e. The van der Waals surface area contributed by atoms with Crippen LogP contribution in [0, 0.1) is 5.41 Å². The van der Waals surface area contributed by atoms with Gasteiger partial charge >= 0.3 is 6.18 Å². The first-order chi connectivity index (χ1) is 12.7. The third-order valence-electron chi connectivity index (χ3n) is 5.72. The lowest BCUT2D eigenvalue weighted by atomic mass is 9.55. The predicted octanol–water partition coefficient (Wildman–Crippen LogP) is 2.92. The molecular weight excluding hydrogens is 488 g/mol. The Kier molecular flexibility index (Phi) is 9.78. The molecule has 2 atom stereocenters. The van der Waals surface area contributed by atoms with Crippen LogP contribution in [0.25, 0.3) is 0 Å². The van der Waals surface area contributed by atoms with Crippen LogP contribution < -0.4 is 10.6 Å². The molecule has 1 amide bonds. The number of guanidine groups is 1. The van der Waals surface area contributed by atoms with Gasteiger partial charge in [0.1, 0.15) is 6.54 Å². The number of hydrogen-bond acceptors (Lipinski definition) is 3. The zero-order valence-corrected chi connectivity index (χ0v) is 19.1. The molecule has 0 aliphatic heterocycles. The first kappa shape index (κ1) is 25.3. The molecule has 0 aromatic carbocycles. The van der Waals surface area contributed by atoms with Gasteiger partial charge in [-0.15, -0.1) is 24.0 Å². The van der Waals surface area contributed by atoms with Crippen LogP contribution in [0.4, 0.5) is 13.2 Å². The Morgan fingerprint density at radius 2 is 1.93 bits per heavy atom. The lowest BCUT2D eigenvalue weighted by Gasteiger charge is -2.57. The average molecular weight is 520 g/mol. The highest BCUT2D eigenvalue weighted by Crippen LogP contribution is 2.53. The van der Waals surface area contributed by atoms with Crippen molar-refractivity contribution in [2.75, 3.05) is 33.8 Å². The molecule has 164 valence electrons. The maximum Gasteiger partial charge on any atom is 0.406 e. The number of ether oxygens (including phenoxy) is 1. The van der Waals surface area contributed by atoms with Crippen LogP contribution >= 0.6 is 24.0 Å². The van der Waals surface area contributed by atoms with E-state index in [-0.39, 0.29) is 48.1 Å². The number of hydrogen-bond donors (Lipinski definition) is 2. The van der Waals surface area contributed by atoms with E-state index in [1.54, 1.807) is 7.05 Å². The van der Waals surface area contributed by atoms with E-state index in [0.717, 1.165) is 26.3 Å². The Morgan fingerprint density at radius 3 is 2.46 bits per heavy atom. The first-order valence-electron chi connectivity index (χ1n) is 9.61.